The number of hydrogen-bond donors (Lipinski definition) is 0. The molecular weight excluding hydrogens is 282 g/mol. The lowest BCUT2D eigenvalue weighted by Gasteiger charge is -2.25. The molecule has 0 aliphatic carbocycles. The van der Waals surface area contributed by atoms with E-state index in [0.717, 1.165) is 36.8 Å². The van der Waals surface area contributed by atoms with Crippen molar-refractivity contribution in [1.29, 1.82) is 0 Å². The number of ketones is 1. The first-order chi connectivity index (χ1) is 9.77. The number of nitrogens with zero attached hydrogens (tertiary/aromatic N) is 3. The van der Waals surface area contributed by atoms with Crippen molar-refractivity contribution in [2.24, 2.45) is 0 Å². The molecule has 1 fully saturated rings. The van der Waals surface area contributed by atoms with Crippen LogP contribution in [0.5, 0.6) is 0 Å². The van der Waals surface area contributed by atoms with Crippen molar-refractivity contribution < 1.29 is 4.79 Å². The Morgan fingerprint density at radius 3 is 2.71 bits per heavy atom. The molecule has 0 aromatic carbocycles. The summed E-state index contributed by atoms with van der Waals surface area (Å²) in [5, 5.41) is 3.04. The van der Waals surface area contributed by atoms with Crippen molar-refractivity contribution in [3.05, 3.63) is 16.1 Å². The molecule has 4 nitrogen and oxygen atoms in total. The number of thiazole rings is 1. The van der Waals surface area contributed by atoms with Gasteiger partial charge in [-0.05, 0) is 33.6 Å². The van der Waals surface area contributed by atoms with E-state index >= 15 is 0 Å². The van der Waals surface area contributed by atoms with Crippen LogP contribution in [0.25, 0.3) is 0 Å². The predicted molar refractivity (Wildman–Crippen MR) is 88.1 cm³/mol. The summed E-state index contributed by atoms with van der Waals surface area (Å²) in [6.45, 7) is 9.35. The Labute approximate surface area is 132 Å². The Hall–Kier alpha value is -0.780. The molecule has 1 aliphatic rings. The van der Waals surface area contributed by atoms with Crippen molar-refractivity contribution in [1.82, 2.24) is 14.8 Å². The summed E-state index contributed by atoms with van der Waals surface area (Å²) < 4.78 is 0. The molecule has 118 valence electrons. The molecular formula is C16H27N3OS. The molecule has 0 saturated carbocycles. The Morgan fingerprint density at radius 2 is 2.10 bits per heavy atom. The van der Waals surface area contributed by atoms with Crippen molar-refractivity contribution in [2.75, 3.05) is 33.7 Å². The summed E-state index contributed by atoms with van der Waals surface area (Å²) in [6, 6.07) is -0.000475. The average molecular weight is 309 g/mol. The van der Waals surface area contributed by atoms with Crippen LogP contribution in [-0.4, -0.2) is 60.3 Å². The molecule has 1 unspecified atom stereocenters. The largest absolute Gasteiger partial charge is 0.304 e. The van der Waals surface area contributed by atoms with Crippen LogP contribution < -0.4 is 0 Å². The van der Waals surface area contributed by atoms with Crippen LogP contribution in [0.4, 0.5) is 0 Å². The molecule has 0 N–H and O–H groups in total. The number of Topliss-reactive ketones (excluding diaryl/α,β-unsaturated/α-hetero) is 1. The van der Waals surface area contributed by atoms with Crippen molar-refractivity contribution in [3.63, 3.8) is 0 Å². The Balaban J connectivity index is 2.04. The van der Waals surface area contributed by atoms with E-state index < -0.39 is 0 Å². The van der Waals surface area contributed by atoms with Crippen molar-refractivity contribution >= 4 is 17.1 Å². The minimum absolute atomic E-state index is 0.000475. The van der Waals surface area contributed by atoms with Gasteiger partial charge in [0, 0.05) is 17.3 Å². The van der Waals surface area contributed by atoms with E-state index in [1.807, 2.05) is 0 Å². The minimum atomic E-state index is -0.000475. The standard InChI is InChI=1S/C16H27N3OS/c1-16(2,3)14-11-21-15(17-14)9-13(20)12-10-18(4)7-6-8-19(12)5/h11-12H,6-10H2,1-5H3. The highest BCUT2D eigenvalue weighted by atomic mass is 32.1. The van der Waals surface area contributed by atoms with Gasteiger partial charge in [0.15, 0.2) is 5.78 Å². The van der Waals surface area contributed by atoms with E-state index in [1.165, 1.54) is 0 Å². The lowest BCUT2D eigenvalue weighted by Crippen LogP contribution is -2.44. The third-order valence-electron chi connectivity index (χ3n) is 4.08. The predicted octanol–water partition coefficient (Wildman–Crippen LogP) is 2.19. The lowest BCUT2D eigenvalue weighted by molar-refractivity contribution is -0.123. The summed E-state index contributed by atoms with van der Waals surface area (Å²) in [5.41, 5.74) is 1.14. The van der Waals surface area contributed by atoms with Gasteiger partial charge >= 0.3 is 0 Å². The highest BCUT2D eigenvalue weighted by molar-refractivity contribution is 7.09. The van der Waals surface area contributed by atoms with Gasteiger partial charge in [0.05, 0.1) is 18.2 Å². The Bertz CT molecular complexity index is 492. The second-order valence-corrected chi connectivity index (χ2v) is 8.07. The summed E-state index contributed by atoms with van der Waals surface area (Å²) >= 11 is 1.61. The molecule has 0 bridgehead atoms. The van der Waals surface area contributed by atoms with E-state index in [2.05, 4.69) is 55.0 Å². The summed E-state index contributed by atoms with van der Waals surface area (Å²) in [5.74, 6) is 0.293. The maximum absolute atomic E-state index is 12.6. The quantitative estimate of drug-likeness (QED) is 0.857. The van der Waals surface area contributed by atoms with Crippen LogP contribution in [0.2, 0.25) is 0 Å². The summed E-state index contributed by atoms with van der Waals surface area (Å²) in [7, 11) is 4.16. The van der Waals surface area contributed by atoms with Crippen LogP contribution in [0.1, 0.15) is 37.9 Å². The maximum atomic E-state index is 12.6. The molecule has 1 atom stereocenters. The zero-order valence-electron chi connectivity index (χ0n) is 13.8. The smallest absolute Gasteiger partial charge is 0.158 e. The number of aromatic nitrogens is 1. The first-order valence-electron chi connectivity index (χ1n) is 7.64. The van der Waals surface area contributed by atoms with Gasteiger partial charge < -0.3 is 4.90 Å². The third-order valence-corrected chi connectivity index (χ3v) is 4.93. The van der Waals surface area contributed by atoms with Crippen molar-refractivity contribution in [3.8, 4) is 0 Å². The van der Waals surface area contributed by atoms with Gasteiger partial charge in [-0.1, -0.05) is 20.8 Å². The first-order valence-corrected chi connectivity index (χ1v) is 8.51. The lowest BCUT2D eigenvalue weighted by atomic mass is 9.93. The summed E-state index contributed by atoms with van der Waals surface area (Å²) in [4.78, 5) is 21.7. The van der Waals surface area contributed by atoms with E-state index in [0.29, 0.717) is 12.2 Å². The van der Waals surface area contributed by atoms with Gasteiger partial charge in [0.1, 0.15) is 5.01 Å². The van der Waals surface area contributed by atoms with Gasteiger partial charge in [-0.2, -0.15) is 0 Å². The molecule has 1 aromatic rings. The van der Waals surface area contributed by atoms with Crippen LogP contribution in [-0.2, 0) is 16.6 Å². The number of carbonyl (C=O) groups excluding carboxylic acids is 1. The number of rotatable bonds is 3. The normalized spacial score (nSPS) is 22.2. The van der Waals surface area contributed by atoms with Crippen LogP contribution >= 0.6 is 11.3 Å². The highest BCUT2D eigenvalue weighted by Gasteiger charge is 2.28. The first kappa shape index (κ1) is 16.6. The molecule has 2 heterocycles. The highest BCUT2D eigenvalue weighted by Crippen LogP contribution is 2.24. The van der Waals surface area contributed by atoms with Gasteiger partial charge in [-0.3, -0.25) is 9.69 Å². The molecule has 0 amide bonds. The minimum Gasteiger partial charge on any atom is -0.304 e. The summed E-state index contributed by atoms with van der Waals surface area (Å²) in [6.07, 6.45) is 1.59. The molecule has 1 aliphatic heterocycles. The van der Waals surface area contributed by atoms with E-state index in [9.17, 15) is 4.79 Å². The molecule has 1 saturated heterocycles. The van der Waals surface area contributed by atoms with Gasteiger partial charge in [-0.25, -0.2) is 4.98 Å². The number of hydrogen-bond acceptors (Lipinski definition) is 5. The van der Waals surface area contributed by atoms with Gasteiger partial charge in [0.25, 0.3) is 0 Å². The van der Waals surface area contributed by atoms with Crippen LogP contribution in [0.15, 0.2) is 5.38 Å². The zero-order valence-corrected chi connectivity index (χ0v) is 14.7. The fourth-order valence-electron chi connectivity index (χ4n) is 2.62. The molecule has 2 rings (SSSR count). The number of likely N-dealkylation sites (N-methyl/N-ethyl adjacent to an activating group) is 2. The van der Waals surface area contributed by atoms with Crippen LogP contribution in [0, 0.1) is 0 Å². The number of carbonyl (C=O) groups is 1. The van der Waals surface area contributed by atoms with E-state index in [4.69, 9.17) is 0 Å². The SMILES string of the molecule is CN1CCCN(C)C(C(=O)Cc2nc(C(C)(C)C)cs2)C1. The average Bonchev–Trinajstić information content (AvgIpc) is 2.77. The maximum Gasteiger partial charge on any atom is 0.158 e. The van der Waals surface area contributed by atoms with E-state index in [1.54, 1.807) is 11.3 Å². The van der Waals surface area contributed by atoms with Crippen molar-refractivity contribution in [2.45, 2.75) is 45.1 Å². The Kier molecular flexibility index (Phi) is 5.17. The van der Waals surface area contributed by atoms with E-state index in [-0.39, 0.29) is 11.5 Å². The Morgan fingerprint density at radius 1 is 1.38 bits per heavy atom. The topological polar surface area (TPSA) is 36.4 Å². The molecule has 5 heteroatoms. The van der Waals surface area contributed by atoms with Gasteiger partial charge in [0.2, 0.25) is 0 Å². The fourth-order valence-corrected chi connectivity index (χ4v) is 3.65. The fraction of sp³-hybridized carbons (Fsp3) is 0.750. The van der Waals surface area contributed by atoms with Gasteiger partial charge in [-0.15, -0.1) is 11.3 Å². The second-order valence-electron chi connectivity index (χ2n) is 7.13. The molecule has 1 aromatic heterocycles. The molecule has 0 spiro atoms. The monoisotopic (exact) mass is 309 g/mol. The molecule has 0 radical (unpaired) electrons. The zero-order chi connectivity index (χ0) is 15.6. The third kappa shape index (κ3) is 4.34. The molecule has 21 heavy (non-hydrogen) atoms. The second kappa shape index (κ2) is 6.55. The van der Waals surface area contributed by atoms with Crippen LogP contribution in [0.3, 0.4) is 0 Å².